The molecule has 2 saturated heterocycles. The minimum Gasteiger partial charge on any atom is -0.379 e. The van der Waals surface area contributed by atoms with Crippen LogP contribution in [0.4, 0.5) is 0 Å². The fourth-order valence-corrected chi connectivity index (χ4v) is 5.54. The first-order chi connectivity index (χ1) is 11.3. The third-order valence-electron chi connectivity index (χ3n) is 7.10. The fraction of sp³-hybridized carbons (Fsp3) is 1.00. The van der Waals surface area contributed by atoms with E-state index in [0.29, 0.717) is 0 Å². The van der Waals surface area contributed by atoms with Crippen LogP contribution in [0.5, 0.6) is 0 Å². The van der Waals surface area contributed by atoms with Crippen LogP contribution >= 0.6 is 0 Å². The Morgan fingerprint density at radius 2 is 1.30 bits per heavy atom. The van der Waals surface area contributed by atoms with E-state index in [1.54, 1.807) is 4.90 Å². The van der Waals surface area contributed by atoms with Gasteiger partial charge in [0.05, 0.1) is 39.3 Å². The molecule has 23 heavy (non-hydrogen) atoms. The van der Waals surface area contributed by atoms with E-state index in [4.69, 9.17) is 4.74 Å². The molecule has 134 valence electrons. The Morgan fingerprint density at radius 3 is 1.87 bits per heavy atom. The van der Waals surface area contributed by atoms with Crippen molar-refractivity contribution in [2.24, 2.45) is 17.8 Å². The van der Waals surface area contributed by atoms with Gasteiger partial charge in [-0.05, 0) is 50.4 Å². The van der Waals surface area contributed by atoms with Gasteiger partial charge in [0.15, 0.2) is 0 Å². The number of ether oxygens (including phenoxy) is 1. The van der Waals surface area contributed by atoms with Crippen LogP contribution in [0.25, 0.3) is 0 Å². The minimum absolute atomic E-state index is 0.933. The Morgan fingerprint density at radius 1 is 0.739 bits per heavy atom. The number of methoxy groups -OCH3 is 1. The molecule has 0 spiro atoms. The molecule has 2 N–H and O–H groups in total. The molecule has 0 unspecified atom stereocenters. The smallest absolute Gasteiger partial charge is 0.101 e. The largest absolute Gasteiger partial charge is 0.379 e. The van der Waals surface area contributed by atoms with Crippen molar-refractivity contribution in [1.82, 2.24) is 0 Å². The number of quaternary nitrogens is 2. The van der Waals surface area contributed by atoms with Gasteiger partial charge < -0.3 is 14.5 Å². The zero-order valence-electron chi connectivity index (χ0n) is 15.5. The van der Waals surface area contributed by atoms with Gasteiger partial charge in [-0.1, -0.05) is 19.3 Å². The maximum atomic E-state index is 5.24. The second-order valence-electron chi connectivity index (χ2n) is 8.63. The second kappa shape index (κ2) is 9.39. The summed E-state index contributed by atoms with van der Waals surface area (Å²) in [6.45, 7) is 9.37. The average Bonchev–Trinajstić information content (AvgIpc) is 2.62. The Kier molecular flexibility index (Phi) is 7.22. The molecular weight excluding hydrogens is 284 g/mol. The molecule has 3 aliphatic rings. The predicted molar refractivity (Wildman–Crippen MR) is 95.0 cm³/mol. The third-order valence-corrected chi connectivity index (χ3v) is 7.10. The van der Waals surface area contributed by atoms with Crippen LogP contribution < -0.4 is 9.80 Å². The van der Waals surface area contributed by atoms with Crippen molar-refractivity contribution in [2.45, 2.75) is 57.8 Å². The normalized spacial score (nSPS) is 36.9. The number of nitrogens with one attached hydrogen (secondary N) is 2. The van der Waals surface area contributed by atoms with Crippen molar-refractivity contribution in [3.05, 3.63) is 0 Å². The van der Waals surface area contributed by atoms with Gasteiger partial charge in [-0.3, -0.25) is 0 Å². The molecule has 0 bridgehead atoms. The van der Waals surface area contributed by atoms with Crippen LogP contribution in [0, 0.1) is 17.8 Å². The van der Waals surface area contributed by atoms with Crippen LogP contribution in [-0.4, -0.2) is 53.0 Å². The lowest BCUT2D eigenvalue weighted by Crippen LogP contribution is -3.14. The van der Waals surface area contributed by atoms with E-state index in [1.807, 2.05) is 12.0 Å². The van der Waals surface area contributed by atoms with E-state index in [1.165, 1.54) is 97.1 Å². The topological polar surface area (TPSA) is 18.1 Å². The predicted octanol–water partition coefficient (Wildman–Crippen LogP) is 0.803. The van der Waals surface area contributed by atoms with Gasteiger partial charge in [0.1, 0.15) is 6.54 Å². The molecule has 2 heterocycles. The maximum Gasteiger partial charge on any atom is 0.101 e. The Labute approximate surface area is 143 Å². The molecular formula is C20H40N2O+2. The van der Waals surface area contributed by atoms with E-state index in [0.717, 1.165) is 24.4 Å². The summed E-state index contributed by atoms with van der Waals surface area (Å²) < 4.78 is 5.24. The van der Waals surface area contributed by atoms with Crippen molar-refractivity contribution < 1.29 is 14.5 Å². The molecule has 1 aliphatic carbocycles. The average molecular weight is 325 g/mol. The van der Waals surface area contributed by atoms with Crippen LogP contribution in [0.1, 0.15) is 57.8 Å². The highest BCUT2D eigenvalue weighted by Crippen LogP contribution is 2.27. The van der Waals surface area contributed by atoms with Gasteiger partial charge in [0.2, 0.25) is 0 Å². The summed E-state index contributed by atoms with van der Waals surface area (Å²) in [6.07, 6.45) is 13.5. The zero-order valence-corrected chi connectivity index (χ0v) is 15.5. The number of rotatable bonds is 6. The van der Waals surface area contributed by atoms with Crippen molar-refractivity contribution in [3.8, 4) is 0 Å². The molecule has 0 amide bonds. The molecule has 3 rings (SSSR count). The molecule has 3 heteroatoms. The number of hydrogen-bond donors (Lipinski definition) is 2. The number of hydrogen-bond acceptors (Lipinski definition) is 1. The Bertz CT molecular complexity index is 314. The van der Waals surface area contributed by atoms with Crippen LogP contribution in [0.3, 0.4) is 0 Å². The van der Waals surface area contributed by atoms with Crippen molar-refractivity contribution in [1.29, 1.82) is 0 Å². The highest BCUT2D eigenvalue weighted by molar-refractivity contribution is 4.74. The van der Waals surface area contributed by atoms with Gasteiger partial charge in [-0.2, -0.15) is 0 Å². The van der Waals surface area contributed by atoms with Gasteiger partial charge in [0.25, 0.3) is 0 Å². The third kappa shape index (κ3) is 5.44. The van der Waals surface area contributed by atoms with Crippen molar-refractivity contribution >= 4 is 0 Å². The van der Waals surface area contributed by atoms with Crippen LogP contribution in [0.15, 0.2) is 0 Å². The molecule has 0 aromatic carbocycles. The fourth-order valence-electron chi connectivity index (χ4n) is 5.54. The first kappa shape index (κ1) is 17.7. The summed E-state index contributed by atoms with van der Waals surface area (Å²) >= 11 is 0. The van der Waals surface area contributed by atoms with E-state index in [-0.39, 0.29) is 0 Å². The lowest BCUT2D eigenvalue weighted by Gasteiger charge is -2.38. The van der Waals surface area contributed by atoms with E-state index in [2.05, 4.69) is 0 Å². The van der Waals surface area contributed by atoms with Crippen molar-refractivity contribution in [2.75, 3.05) is 53.0 Å². The molecule has 1 saturated carbocycles. The van der Waals surface area contributed by atoms with Gasteiger partial charge in [-0.15, -0.1) is 0 Å². The summed E-state index contributed by atoms with van der Waals surface area (Å²) in [5.74, 6) is 3.15. The van der Waals surface area contributed by atoms with Gasteiger partial charge in [-0.25, -0.2) is 0 Å². The van der Waals surface area contributed by atoms with E-state index in [9.17, 15) is 0 Å². The quantitative estimate of drug-likeness (QED) is 0.740. The molecule has 0 radical (unpaired) electrons. The second-order valence-corrected chi connectivity index (χ2v) is 8.63. The van der Waals surface area contributed by atoms with Gasteiger partial charge >= 0.3 is 0 Å². The van der Waals surface area contributed by atoms with E-state index < -0.39 is 0 Å². The van der Waals surface area contributed by atoms with Crippen LogP contribution in [0.2, 0.25) is 0 Å². The number of piperidine rings is 2. The molecule has 3 nitrogen and oxygen atoms in total. The monoisotopic (exact) mass is 324 g/mol. The Hall–Kier alpha value is -0.120. The zero-order chi connectivity index (χ0) is 15.9. The van der Waals surface area contributed by atoms with E-state index >= 15 is 0 Å². The standard InChI is InChI=1S/C20H38N2O/c1-23-16-15-21-11-7-19(8-12-21)20-9-13-22(14-10-20)17-18-5-3-2-4-6-18/h18-20H,2-17H2,1H3/p+2. The number of likely N-dealkylation sites (tertiary alicyclic amines) is 2. The van der Waals surface area contributed by atoms with Crippen molar-refractivity contribution in [3.63, 3.8) is 0 Å². The SMILES string of the molecule is COCC[NH+]1CCC(C2CC[NH+](CC3CCCCC3)CC2)CC1. The summed E-state index contributed by atoms with van der Waals surface area (Å²) in [5, 5.41) is 0. The Balaban J connectivity index is 1.33. The summed E-state index contributed by atoms with van der Waals surface area (Å²) in [5.41, 5.74) is 0. The highest BCUT2D eigenvalue weighted by atomic mass is 16.5. The lowest BCUT2D eigenvalue weighted by molar-refractivity contribution is -0.912. The molecule has 0 aromatic heterocycles. The summed E-state index contributed by atoms with van der Waals surface area (Å²) in [7, 11) is 1.83. The lowest BCUT2D eigenvalue weighted by atomic mass is 9.78. The molecule has 0 aromatic rings. The van der Waals surface area contributed by atoms with Gasteiger partial charge in [0, 0.05) is 13.0 Å². The maximum absolute atomic E-state index is 5.24. The molecule has 2 aliphatic heterocycles. The first-order valence-corrected chi connectivity index (χ1v) is 10.5. The first-order valence-electron chi connectivity index (χ1n) is 10.5. The minimum atomic E-state index is 0.933. The molecule has 0 atom stereocenters. The van der Waals surface area contributed by atoms with Crippen LogP contribution in [-0.2, 0) is 4.74 Å². The highest BCUT2D eigenvalue weighted by Gasteiger charge is 2.33. The summed E-state index contributed by atoms with van der Waals surface area (Å²) in [4.78, 5) is 3.72. The summed E-state index contributed by atoms with van der Waals surface area (Å²) in [6, 6.07) is 0. The molecule has 3 fully saturated rings.